The average molecular weight is 326 g/mol. The number of amides is 1. The summed E-state index contributed by atoms with van der Waals surface area (Å²) in [6, 6.07) is 8.70. The Balaban J connectivity index is 2.18. The van der Waals surface area contributed by atoms with Gasteiger partial charge in [0.15, 0.2) is 0 Å². The second-order valence-corrected chi connectivity index (χ2v) is 8.07. The Labute approximate surface area is 129 Å². The van der Waals surface area contributed by atoms with E-state index in [1.807, 2.05) is 6.07 Å². The van der Waals surface area contributed by atoms with Crippen molar-refractivity contribution in [2.24, 2.45) is 0 Å². The molecule has 0 spiro atoms. The molecule has 0 aromatic heterocycles. The zero-order chi connectivity index (χ0) is 15.7. The van der Waals surface area contributed by atoms with Crippen molar-refractivity contribution in [2.45, 2.75) is 12.8 Å². The van der Waals surface area contributed by atoms with E-state index in [9.17, 15) is 13.2 Å². The first-order valence-electron chi connectivity index (χ1n) is 6.46. The predicted octanol–water partition coefficient (Wildman–Crippen LogP) is 2.05. The third kappa shape index (κ3) is 8.38. The Hall–Kier alpha value is -1.52. The van der Waals surface area contributed by atoms with Gasteiger partial charge in [-0.2, -0.15) is 17.0 Å². The van der Waals surface area contributed by atoms with Gasteiger partial charge in [-0.1, -0.05) is 0 Å². The normalized spacial score (nSPS) is 10.9. The van der Waals surface area contributed by atoms with E-state index in [2.05, 4.69) is 5.32 Å². The zero-order valence-corrected chi connectivity index (χ0v) is 13.5. The van der Waals surface area contributed by atoms with Gasteiger partial charge in [0, 0.05) is 24.1 Å². The Morgan fingerprint density at radius 1 is 1.29 bits per heavy atom. The van der Waals surface area contributed by atoms with Gasteiger partial charge in [-0.15, -0.1) is 0 Å². The molecule has 0 saturated heterocycles. The first-order valence-corrected chi connectivity index (χ1v) is 9.68. The lowest BCUT2D eigenvalue weighted by Gasteiger charge is -2.05. The average Bonchev–Trinajstić information content (AvgIpc) is 2.42. The lowest BCUT2D eigenvalue weighted by atomic mass is 10.2. The maximum Gasteiger partial charge on any atom is 0.224 e. The highest BCUT2D eigenvalue weighted by molar-refractivity contribution is 8.00. The van der Waals surface area contributed by atoms with Gasteiger partial charge in [0.1, 0.15) is 9.84 Å². The van der Waals surface area contributed by atoms with E-state index < -0.39 is 9.84 Å². The Bertz CT molecular complexity index is 604. The summed E-state index contributed by atoms with van der Waals surface area (Å²) in [7, 11) is -2.90. The molecule has 1 rings (SSSR count). The van der Waals surface area contributed by atoms with Gasteiger partial charge in [0.2, 0.25) is 5.91 Å². The van der Waals surface area contributed by atoms with Crippen LogP contribution in [0.3, 0.4) is 0 Å². The highest BCUT2D eigenvalue weighted by atomic mass is 32.2. The number of hydrogen-bond donors (Lipinski definition) is 1. The van der Waals surface area contributed by atoms with Crippen molar-refractivity contribution in [1.29, 1.82) is 5.26 Å². The van der Waals surface area contributed by atoms with Crippen LogP contribution in [0.15, 0.2) is 24.3 Å². The highest BCUT2D eigenvalue weighted by Gasteiger charge is 2.04. The molecule has 0 saturated carbocycles. The molecule has 0 aliphatic rings. The van der Waals surface area contributed by atoms with Gasteiger partial charge >= 0.3 is 0 Å². The van der Waals surface area contributed by atoms with Crippen LogP contribution in [-0.4, -0.2) is 37.8 Å². The molecule has 0 fully saturated rings. The quantitative estimate of drug-likeness (QED) is 0.739. The molecule has 114 valence electrons. The molecule has 5 nitrogen and oxygen atoms in total. The fourth-order valence-electron chi connectivity index (χ4n) is 1.50. The Kier molecular flexibility index (Phi) is 7.26. The number of anilines is 1. The lowest BCUT2D eigenvalue weighted by Crippen LogP contribution is -2.11. The van der Waals surface area contributed by atoms with Crippen LogP contribution in [0.4, 0.5) is 5.69 Å². The fraction of sp³-hybridized carbons (Fsp3) is 0.429. The van der Waals surface area contributed by atoms with Gasteiger partial charge in [0.25, 0.3) is 0 Å². The molecule has 0 radical (unpaired) electrons. The number of sulfone groups is 1. The first-order chi connectivity index (χ1) is 9.90. The molecule has 1 amide bonds. The summed E-state index contributed by atoms with van der Waals surface area (Å²) in [4.78, 5) is 11.7. The van der Waals surface area contributed by atoms with E-state index in [-0.39, 0.29) is 11.7 Å². The Morgan fingerprint density at radius 2 is 1.95 bits per heavy atom. The minimum atomic E-state index is -2.90. The minimum Gasteiger partial charge on any atom is -0.326 e. The van der Waals surface area contributed by atoms with Crippen LogP contribution < -0.4 is 5.32 Å². The molecule has 1 aromatic rings. The fourth-order valence-corrected chi connectivity index (χ4v) is 3.73. The molecule has 7 heteroatoms. The largest absolute Gasteiger partial charge is 0.326 e. The third-order valence-corrected chi connectivity index (χ3v) is 4.86. The number of thioether (sulfide) groups is 1. The summed E-state index contributed by atoms with van der Waals surface area (Å²) in [5.41, 5.74) is 1.22. The van der Waals surface area contributed by atoms with Gasteiger partial charge in [-0.25, -0.2) is 8.42 Å². The number of carbonyl (C=O) groups excluding carboxylic acids is 1. The molecule has 0 heterocycles. The second kappa shape index (κ2) is 8.70. The standard InChI is InChI=1S/C14H18N2O3S2/c1-21(18,19)10-9-20-8-2-3-14(17)16-13-6-4-12(11-15)5-7-13/h4-7H,2-3,8-10H2,1H3,(H,16,17). The molecule has 0 bridgehead atoms. The summed E-state index contributed by atoms with van der Waals surface area (Å²) in [5.74, 6) is 1.42. The SMILES string of the molecule is CS(=O)(=O)CCSCCCC(=O)Nc1ccc(C#N)cc1. The van der Waals surface area contributed by atoms with E-state index >= 15 is 0 Å². The number of rotatable bonds is 8. The topological polar surface area (TPSA) is 87.0 Å². The maximum atomic E-state index is 11.7. The van der Waals surface area contributed by atoms with Crippen LogP contribution in [0.2, 0.25) is 0 Å². The summed E-state index contributed by atoms with van der Waals surface area (Å²) >= 11 is 1.54. The Morgan fingerprint density at radius 3 is 2.52 bits per heavy atom. The summed E-state index contributed by atoms with van der Waals surface area (Å²) < 4.78 is 21.8. The molecule has 0 atom stereocenters. The van der Waals surface area contributed by atoms with E-state index in [0.717, 1.165) is 5.75 Å². The molecule has 0 aliphatic heterocycles. The summed E-state index contributed by atoms with van der Waals surface area (Å²) in [6.45, 7) is 0. The van der Waals surface area contributed by atoms with Gasteiger partial charge < -0.3 is 5.32 Å². The van der Waals surface area contributed by atoms with Crippen molar-refractivity contribution < 1.29 is 13.2 Å². The highest BCUT2D eigenvalue weighted by Crippen LogP contribution is 2.10. The van der Waals surface area contributed by atoms with Gasteiger partial charge in [-0.3, -0.25) is 4.79 Å². The summed E-state index contributed by atoms with van der Waals surface area (Å²) in [5, 5.41) is 11.4. The van der Waals surface area contributed by atoms with Crippen molar-refractivity contribution in [2.75, 3.05) is 28.8 Å². The molecule has 0 aliphatic carbocycles. The van der Waals surface area contributed by atoms with Crippen LogP contribution in [0.1, 0.15) is 18.4 Å². The van der Waals surface area contributed by atoms with Crippen LogP contribution in [0.25, 0.3) is 0 Å². The second-order valence-electron chi connectivity index (χ2n) is 4.58. The van der Waals surface area contributed by atoms with E-state index in [4.69, 9.17) is 5.26 Å². The van der Waals surface area contributed by atoms with Crippen molar-refractivity contribution in [3.63, 3.8) is 0 Å². The molecular formula is C14H18N2O3S2. The van der Waals surface area contributed by atoms with Crippen LogP contribution in [-0.2, 0) is 14.6 Å². The number of benzene rings is 1. The molecule has 1 aromatic carbocycles. The summed E-state index contributed by atoms with van der Waals surface area (Å²) in [6.07, 6.45) is 2.32. The van der Waals surface area contributed by atoms with Crippen molar-refractivity contribution >= 4 is 33.2 Å². The smallest absolute Gasteiger partial charge is 0.224 e. The molecular weight excluding hydrogens is 308 g/mol. The number of nitrogens with zero attached hydrogens (tertiary/aromatic N) is 1. The van der Waals surface area contributed by atoms with Crippen molar-refractivity contribution in [3.05, 3.63) is 29.8 Å². The molecule has 1 N–H and O–H groups in total. The molecule has 0 unspecified atom stereocenters. The van der Waals surface area contributed by atoms with Crippen LogP contribution in [0, 0.1) is 11.3 Å². The predicted molar refractivity (Wildman–Crippen MR) is 86.1 cm³/mol. The van der Waals surface area contributed by atoms with Crippen molar-refractivity contribution in [1.82, 2.24) is 0 Å². The zero-order valence-electron chi connectivity index (χ0n) is 11.8. The van der Waals surface area contributed by atoms with Gasteiger partial charge in [-0.05, 0) is 36.4 Å². The third-order valence-electron chi connectivity index (χ3n) is 2.59. The van der Waals surface area contributed by atoms with Crippen molar-refractivity contribution in [3.8, 4) is 6.07 Å². The monoisotopic (exact) mass is 326 g/mol. The maximum absolute atomic E-state index is 11.7. The van der Waals surface area contributed by atoms with E-state index in [0.29, 0.717) is 29.8 Å². The molecule has 21 heavy (non-hydrogen) atoms. The van der Waals surface area contributed by atoms with Gasteiger partial charge in [0.05, 0.1) is 17.4 Å². The van der Waals surface area contributed by atoms with E-state index in [1.165, 1.54) is 18.0 Å². The number of nitrogens with one attached hydrogen (secondary N) is 1. The lowest BCUT2D eigenvalue weighted by molar-refractivity contribution is -0.116. The number of carbonyl (C=O) groups is 1. The number of nitriles is 1. The number of hydrogen-bond acceptors (Lipinski definition) is 5. The first kappa shape index (κ1) is 17.5. The van der Waals surface area contributed by atoms with Crippen LogP contribution in [0.5, 0.6) is 0 Å². The minimum absolute atomic E-state index is 0.0802. The van der Waals surface area contributed by atoms with E-state index in [1.54, 1.807) is 24.3 Å². The van der Waals surface area contributed by atoms with Crippen LogP contribution >= 0.6 is 11.8 Å².